The number of amides is 1. The number of nitrogens with one attached hydrogen (secondary N) is 1. The maximum absolute atomic E-state index is 12.5. The minimum absolute atomic E-state index is 0.0323. The molecule has 2 heterocycles. The molecule has 5 nitrogen and oxygen atoms in total. The molecule has 0 bridgehead atoms. The van der Waals surface area contributed by atoms with Gasteiger partial charge in [0.2, 0.25) is 0 Å². The van der Waals surface area contributed by atoms with Crippen molar-refractivity contribution in [1.29, 1.82) is 0 Å². The van der Waals surface area contributed by atoms with E-state index in [1.54, 1.807) is 0 Å². The van der Waals surface area contributed by atoms with E-state index in [9.17, 15) is 9.90 Å². The summed E-state index contributed by atoms with van der Waals surface area (Å²) in [6.07, 6.45) is 8.17. The molecule has 1 amide bonds. The fraction of sp³-hybridized carbons (Fsp3) is 0.737. The zero-order valence-corrected chi connectivity index (χ0v) is 14.9. The molecule has 24 heavy (non-hydrogen) atoms. The molecular formula is C19H31N3O2. The molecule has 1 saturated carbocycles. The van der Waals surface area contributed by atoms with Gasteiger partial charge in [-0.05, 0) is 51.7 Å². The van der Waals surface area contributed by atoms with E-state index >= 15 is 0 Å². The molecule has 2 fully saturated rings. The average Bonchev–Trinajstić information content (AvgIpc) is 3.06. The lowest BCUT2D eigenvalue weighted by molar-refractivity contribution is 0.00725. The van der Waals surface area contributed by atoms with E-state index in [-0.39, 0.29) is 24.1 Å². The monoisotopic (exact) mass is 333 g/mol. The van der Waals surface area contributed by atoms with E-state index in [1.807, 2.05) is 22.9 Å². The first-order valence-corrected chi connectivity index (χ1v) is 9.46. The standard InChI is InChI=1S/C19H31N3O2/c1-14(2)22-11-5-7-17(22)19(24)20-15-9-12-21(13-10-15)16-6-3-4-8-18(16)23/h5,7,11,14-16,18,23H,3-4,6,8-10,12-13H2,1-2H3,(H,20,24). The zero-order chi connectivity index (χ0) is 17.1. The van der Waals surface area contributed by atoms with Crippen LogP contribution in [0.4, 0.5) is 0 Å². The number of aliphatic hydroxyl groups excluding tert-OH is 1. The molecule has 3 rings (SSSR count). The Morgan fingerprint density at radius 2 is 1.92 bits per heavy atom. The van der Waals surface area contributed by atoms with Gasteiger partial charge in [0, 0.05) is 37.4 Å². The quantitative estimate of drug-likeness (QED) is 0.890. The van der Waals surface area contributed by atoms with Crippen LogP contribution in [-0.4, -0.2) is 51.8 Å². The Hall–Kier alpha value is -1.33. The molecule has 2 atom stereocenters. The predicted octanol–water partition coefficient (Wildman–Crippen LogP) is 2.57. The zero-order valence-electron chi connectivity index (χ0n) is 14.9. The van der Waals surface area contributed by atoms with Crippen LogP contribution in [0.1, 0.15) is 68.9 Å². The lowest BCUT2D eigenvalue weighted by atomic mass is 9.89. The Bertz CT molecular complexity index is 547. The second-order valence-electron chi connectivity index (χ2n) is 7.60. The molecule has 2 unspecified atom stereocenters. The van der Waals surface area contributed by atoms with Crippen LogP contribution in [0, 0.1) is 0 Å². The molecule has 134 valence electrons. The Morgan fingerprint density at radius 1 is 1.21 bits per heavy atom. The molecule has 0 aromatic carbocycles. The summed E-state index contributed by atoms with van der Waals surface area (Å²) in [5.41, 5.74) is 0.745. The van der Waals surface area contributed by atoms with Crippen molar-refractivity contribution in [3.05, 3.63) is 24.0 Å². The van der Waals surface area contributed by atoms with Crippen LogP contribution in [0.3, 0.4) is 0 Å². The van der Waals surface area contributed by atoms with Crippen molar-refractivity contribution in [2.24, 2.45) is 0 Å². The first-order chi connectivity index (χ1) is 11.6. The maximum Gasteiger partial charge on any atom is 0.268 e. The van der Waals surface area contributed by atoms with Gasteiger partial charge in [0.15, 0.2) is 0 Å². The van der Waals surface area contributed by atoms with Crippen LogP contribution >= 0.6 is 0 Å². The summed E-state index contributed by atoms with van der Waals surface area (Å²) >= 11 is 0. The second-order valence-corrected chi connectivity index (χ2v) is 7.60. The van der Waals surface area contributed by atoms with Gasteiger partial charge in [0.1, 0.15) is 5.69 Å². The number of aliphatic hydroxyl groups is 1. The number of carbonyl (C=O) groups excluding carboxylic acids is 1. The minimum atomic E-state index is -0.167. The van der Waals surface area contributed by atoms with Gasteiger partial charge in [-0.1, -0.05) is 12.8 Å². The molecule has 2 aliphatic rings. The van der Waals surface area contributed by atoms with Crippen molar-refractivity contribution in [3.63, 3.8) is 0 Å². The number of aromatic nitrogens is 1. The normalized spacial score (nSPS) is 26.7. The van der Waals surface area contributed by atoms with Gasteiger partial charge in [-0.25, -0.2) is 0 Å². The van der Waals surface area contributed by atoms with E-state index in [0.29, 0.717) is 6.04 Å². The summed E-state index contributed by atoms with van der Waals surface area (Å²) in [4.78, 5) is 15.0. The molecule has 0 radical (unpaired) electrons. The van der Waals surface area contributed by atoms with Gasteiger partial charge >= 0.3 is 0 Å². The summed E-state index contributed by atoms with van der Waals surface area (Å²) in [5, 5.41) is 13.4. The highest BCUT2D eigenvalue weighted by atomic mass is 16.3. The van der Waals surface area contributed by atoms with Crippen LogP contribution in [0.15, 0.2) is 18.3 Å². The SMILES string of the molecule is CC(C)n1cccc1C(=O)NC1CCN(C2CCCCC2O)CC1. The van der Waals surface area contributed by atoms with Crippen LogP contribution in [0.5, 0.6) is 0 Å². The van der Waals surface area contributed by atoms with E-state index < -0.39 is 0 Å². The highest BCUT2D eigenvalue weighted by molar-refractivity contribution is 5.93. The number of likely N-dealkylation sites (tertiary alicyclic amines) is 1. The summed E-state index contributed by atoms with van der Waals surface area (Å²) in [5.74, 6) is 0.0323. The molecule has 2 N–H and O–H groups in total. The minimum Gasteiger partial charge on any atom is -0.391 e. The summed E-state index contributed by atoms with van der Waals surface area (Å²) in [6.45, 7) is 6.12. The molecule has 5 heteroatoms. The molecule has 1 aromatic heterocycles. The van der Waals surface area contributed by atoms with Crippen LogP contribution in [0.2, 0.25) is 0 Å². The summed E-state index contributed by atoms with van der Waals surface area (Å²) in [7, 11) is 0. The van der Waals surface area contributed by atoms with Crippen LogP contribution in [0.25, 0.3) is 0 Å². The smallest absolute Gasteiger partial charge is 0.268 e. The summed E-state index contributed by atoms with van der Waals surface area (Å²) < 4.78 is 2.02. The van der Waals surface area contributed by atoms with Gasteiger partial charge < -0.3 is 15.0 Å². The van der Waals surface area contributed by atoms with Crippen molar-refractivity contribution in [3.8, 4) is 0 Å². The van der Waals surface area contributed by atoms with Crippen LogP contribution in [-0.2, 0) is 0 Å². The third kappa shape index (κ3) is 3.83. The van der Waals surface area contributed by atoms with E-state index in [0.717, 1.165) is 50.9 Å². The van der Waals surface area contributed by atoms with Crippen molar-refractivity contribution in [2.75, 3.05) is 13.1 Å². The van der Waals surface area contributed by atoms with Crippen molar-refractivity contribution >= 4 is 5.91 Å². The maximum atomic E-state index is 12.5. The van der Waals surface area contributed by atoms with Crippen molar-refractivity contribution in [1.82, 2.24) is 14.8 Å². The third-order valence-electron chi connectivity index (χ3n) is 5.60. The number of nitrogens with zero attached hydrogens (tertiary/aromatic N) is 2. The lowest BCUT2D eigenvalue weighted by Gasteiger charge is -2.41. The van der Waals surface area contributed by atoms with E-state index in [4.69, 9.17) is 0 Å². The molecule has 1 aromatic rings. The Kier molecular flexibility index (Phi) is 5.61. The molecule has 1 aliphatic carbocycles. The van der Waals surface area contributed by atoms with Crippen molar-refractivity contribution < 1.29 is 9.90 Å². The lowest BCUT2D eigenvalue weighted by Crippen LogP contribution is -2.52. The molecular weight excluding hydrogens is 302 g/mol. The van der Waals surface area contributed by atoms with Gasteiger partial charge in [0.25, 0.3) is 5.91 Å². The summed E-state index contributed by atoms with van der Waals surface area (Å²) in [6, 6.07) is 4.68. The fourth-order valence-corrected chi connectivity index (χ4v) is 4.19. The highest BCUT2D eigenvalue weighted by Crippen LogP contribution is 2.26. The molecule has 0 spiro atoms. The van der Waals surface area contributed by atoms with Gasteiger partial charge in [-0.15, -0.1) is 0 Å². The molecule has 1 aliphatic heterocycles. The number of hydrogen-bond donors (Lipinski definition) is 2. The highest BCUT2D eigenvalue weighted by Gasteiger charge is 2.32. The second kappa shape index (κ2) is 7.70. The Morgan fingerprint density at radius 3 is 2.58 bits per heavy atom. The Labute approximate surface area is 145 Å². The van der Waals surface area contributed by atoms with E-state index in [2.05, 4.69) is 24.1 Å². The largest absolute Gasteiger partial charge is 0.391 e. The number of piperidine rings is 1. The molecule has 1 saturated heterocycles. The van der Waals surface area contributed by atoms with Gasteiger partial charge in [0.05, 0.1) is 6.10 Å². The average molecular weight is 333 g/mol. The topological polar surface area (TPSA) is 57.5 Å². The third-order valence-corrected chi connectivity index (χ3v) is 5.60. The van der Waals surface area contributed by atoms with Crippen molar-refractivity contribution in [2.45, 2.75) is 76.6 Å². The van der Waals surface area contributed by atoms with Crippen LogP contribution < -0.4 is 5.32 Å². The van der Waals surface area contributed by atoms with Gasteiger partial charge in [-0.3, -0.25) is 9.69 Å². The first kappa shape index (κ1) is 17.5. The number of hydrogen-bond acceptors (Lipinski definition) is 3. The first-order valence-electron chi connectivity index (χ1n) is 9.46. The van der Waals surface area contributed by atoms with E-state index in [1.165, 1.54) is 6.42 Å². The Balaban J connectivity index is 1.52. The van der Waals surface area contributed by atoms with Gasteiger partial charge in [-0.2, -0.15) is 0 Å². The number of carbonyl (C=O) groups is 1. The number of rotatable bonds is 4. The predicted molar refractivity (Wildman–Crippen MR) is 95.1 cm³/mol. The fourth-order valence-electron chi connectivity index (χ4n) is 4.19.